The predicted octanol–water partition coefficient (Wildman–Crippen LogP) is 14.6. The van der Waals surface area contributed by atoms with Crippen molar-refractivity contribution in [3.8, 4) is 67.3 Å². The molecule has 8 aromatic carbocycles. The maximum Gasteiger partial charge on any atom is 0.160 e. The van der Waals surface area contributed by atoms with Crippen LogP contribution in [-0.2, 0) is 5.41 Å². The summed E-state index contributed by atoms with van der Waals surface area (Å²) in [6.07, 6.45) is 0. The van der Waals surface area contributed by atoms with Gasteiger partial charge < -0.3 is 0 Å². The van der Waals surface area contributed by atoms with Gasteiger partial charge in [-0.2, -0.15) is 0 Å². The minimum absolute atomic E-state index is 0.130. The lowest BCUT2D eigenvalue weighted by Gasteiger charge is -2.22. The van der Waals surface area contributed by atoms with Gasteiger partial charge in [-0.05, 0) is 91.7 Å². The van der Waals surface area contributed by atoms with E-state index in [1.165, 1.54) is 64.3 Å². The molecule has 2 aromatic heterocycles. The second-order valence-corrected chi connectivity index (χ2v) is 16.4. The lowest BCUT2D eigenvalue weighted by atomic mass is 9.81. The molecule has 0 atom stereocenters. The van der Waals surface area contributed by atoms with Crippen LogP contribution in [0.5, 0.6) is 0 Å². The molecular formula is C53H36N2S. The van der Waals surface area contributed by atoms with E-state index in [0.717, 1.165) is 39.2 Å². The van der Waals surface area contributed by atoms with Crippen LogP contribution in [0.25, 0.3) is 98.2 Å². The Hall–Kier alpha value is -6.68. The SMILES string of the molecule is CC1(C)c2cc3ccccc3cc2-c2c(-c3ccccc3-c3cc(-c4cccc(-c5ccc6c(c5)sc5ccccc56)c4)nc(-c4ccccc4)n3)cccc21. The fourth-order valence-corrected chi connectivity index (χ4v) is 10.00. The van der Waals surface area contributed by atoms with Gasteiger partial charge in [0.15, 0.2) is 5.82 Å². The lowest BCUT2D eigenvalue weighted by molar-refractivity contribution is 0.661. The summed E-state index contributed by atoms with van der Waals surface area (Å²) in [6, 6.07) is 65.9. The van der Waals surface area contributed by atoms with Gasteiger partial charge in [-0.25, -0.2) is 9.97 Å². The molecule has 0 N–H and O–H groups in total. The molecule has 0 fully saturated rings. The third kappa shape index (κ3) is 5.23. The standard InChI is InChI=1S/C53H36N2S/c1-53(2)45-24-13-23-43(51(45)44-29-35-16-6-7-17-36(35)30-46(44)53)39-20-8-9-21-40(39)48-32-47(54-52(55-48)33-14-4-3-5-15-33)38-19-12-18-34(28-38)37-26-27-42-41-22-10-11-25-49(41)56-50(42)31-37/h3-32H,1-2H3. The molecule has 0 saturated carbocycles. The summed E-state index contributed by atoms with van der Waals surface area (Å²) in [6.45, 7) is 4.72. The average molecular weight is 733 g/mol. The van der Waals surface area contributed by atoms with Crippen LogP contribution in [0.3, 0.4) is 0 Å². The minimum atomic E-state index is -0.130. The largest absolute Gasteiger partial charge is 0.228 e. The highest BCUT2D eigenvalue weighted by molar-refractivity contribution is 7.25. The average Bonchev–Trinajstić information content (AvgIpc) is 3.74. The Labute approximate surface area is 330 Å². The number of aromatic nitrogens is 2. The van der Waals surface area contributed by atoms with Gasteiger partial charge in [-0.1, -0.05) is 159 Å². The van der Waals surface area contributed by atoms with E-state index in [4.69, 9.17) is 9.97 Å². The van der Waals surface area contributed by atoms with E-state index in [-0.39, 0.29) is 5.41 Å². The Kier molecular flexibility index (Phi) is 7.42. The Morgan fingerprint density at radius 2 is 1.04 bits per heavy atom. The Morgan fingerprint density at radius 1 is 0.393 bits per heavy atom. The van der Waals surface area contributed by atoms with Crippen molar-refractivity contribution in [2.45, 2.75) is 19.3 Å². The van der Waals surface area contributed by atoms with Crippen molar-refractivity contribution in [2.24, 2.45) is 0 Å². The highest BCUT2D eigenvalue weighted by atomic mass is 32.1. The summed E-state index contributed by atoms with van der Waals surface area (Å²) < 4.78 is 2.62. The molecule has 0 unspecified atom stereocenters. The molecule has 0 saturated heterocycles. The first kappa shape index (κ1) is 32.7. The van der Waals surface area contributed by atoms with Crippen LogP contribution in [0.1, 0.15) is 25.0 Å². The number of fused-ring (bicyclic) bond motifs is 7. The van der Waals surface area contributed by atoms with Crippen LogP contribution in [0.15, 0.2) is 182 Å². The van der Waals surface area contributed by atoms with E-state index in [2.05, 4.69) is 190 Å². The number of hydrogen-bond donors (Lipinski definition) is 0. The zero-order valence-electron chi connectivity index (χ0n) is 31.1. The van der Waals surface area contributed by atoms with Crippen LogP contribution >= 0.6 is 11.3 Å². The van der Waals surface area contributed by atoms with Crippen molar-refractivity contribution in [1.82, 2.24) is 9.97 Å². The molecule has 0 radical (unpaired) electrons. The molecule has 1 aliphatic rings. The molecule has 0 aliphatic heterocycles. The van der Waals surface area contributed by atoms with E-state index < -0.39 is 0 Å². The quantitative estimate of drug-likeness (QED) is 0.176. The van der Waals surface area contributed by atoms with Crippen LogP contribution in [0, 0.1) is 0 Å². The molecule has 264 valence electrons. The molecular weight excluding hydrogens is 697 g/mol. The first-order valence-corrected chi connectivity index (χ1v) is 20.0. The minimum Gasteiger partial charge on any atom is -0.228 e. The molecule has 0 spiro atoms. The first-order valence-electron chi connectivity index (χ1n) is 19.2. The summed E-state index contributed by atoms with van der Waals surface area (Å²) in [7, 11) is 0. The first-order chi connectivity index (χ1) is 27.5. The highest BCUT2D eigenvalue weighted by Crippen LogP contribution is 2.54. The molecule has 11 rings (SSSR count). The van der Waals surface area contributed by atoms with Crippen molar-refractivity contribution >= 4 is 42.3 Å². The summed E-state index contributed by atoms with van der Waals surface area (Å²) in [4.78, 5) is 10.6. The van der Waals surface area contributed by atoms with Gasteiger partial charge in [0, 0.05) is 42.3 Å². The summed E-state index contributed by atoms with van der Waals surface area (Å²) in [5.74, 6) is 0.709. The second kappa shape index (κ2) is 12.7. The van der Waals surface area contributed by atoms with Gasteiger partial charge in [-0.3, -0.25) is 0 Å². The number of rotatable bonds is 5. The van der Waals surface area contributed by atoms with Gasteiger partial charge in [0.1, 0.15) is 0 Å². The third-order valence-corrected chi connectivity index (χ3v) is 12.8. The van der Waals surface area contributed by atoms with E-state index in [1.54, 1.807) is 0 Å². The van der Waals surface area contributed by atoms with Crippen molar-refractivity contribution in [2.75, 3.05) is 0 Å². The van der Waals surface area contributed by atoms with E-state index >= 15 is 0 Å². The summed E-state index contributed by atoms with van der Waals surface area (Å²) in [5, 5.41) is 5.16. The molecule has 3 heteroatoms. The third-order valence-electron chi connectivity index (χ3n) is 11.7. The maximum atomic E-state index is 5.32. The molecule has 10 aromatic rings. The van der Waals surface area contributed by atoms with Gasteiger partial charge >= 0.3 is 0 Å². The number of hydrogen-bond acceptors (Lipinski definition) is 3. The van der Waals surface area contributed by atoms with Gasteiger partial charge in [0.05, 0.1) is 11.4 Å². The van der Waals surface area contributed by atoms with E-state index in [0.29, 0.717) is 5.82 Å². The monoisotopic (exact) mass is 732 g/mol. The zero-order valence-corrected chi connectivity index (χ0v) is 31.9. The fraction of sp³-hybridized carbons (Fsp3) is 0.0566. The number of nitrogens with zero attached hydrogens (tertiary/aromatic N) is 2. The molecule has 56 heavy (non-hydrogen) atoms. The maximum absolute atomic E-state index is 5.32. The zero-order chi connectivity index (χ0) is 37.4. The van der Waals surface area contributed by atoms with Crippen LogP contribution < -0.4 is 0 Å². The molecule has 2 heterocycles. The van der Waals surface area contributed by atoms with Crippen molar-refractivity contribution in [1.29, 1.82) is 0 Å². The Bertz CT molecular complexity index is 3170. The molecule has 1 aliphatic carbocycles. The Morgan fingerprint density at radius 3 is 1.91 bits per heavy atom. The smallest absolute Gasteiger partial charge is 0.160 e. The number of thiophene rings is 1. The summed E-state index contributed by atoms with van der Waals surface area (Å²) >= 11 is 1.85. The highest BCUT2D eigenvalue weighted by Gasteiger charge is 2.37. The van der Waals surface area contributed by atoms with Crippen molar-refractivity contribution in [3.05, 3.63) is 193 Å². The molecule has 2 nitrogen and oxygen atoms in total. The van der Waals surface area contributed by atoms with Gasteiger partial charge in [0.25, 0.3) is 0 Å². The molecule has 0 bridgehead atoms. The topological polar surface area (TPSA) is 25.8 Å². The van der Waals surface area contributed by atoms with Gasteiger partial charge in [0.2, 0.25) is 0 Å². The van der Waals surface area contributed by atoms with Gasteiger partial charge in [-0.15, -0.1) is 11.3 Å². The predicted molar refractivity (Wildman–Crippen MR) is 237 cm³/mol. The lowest BCUT2D eigenvalue weighted by Crippen LogP contribution is -2.14. The summed E-state index contributed by atoms with van der Waals surface area (Å²) in [5.41, 5.74) is 14.9. The second-order valence-electron chi connectivity index (χ2n) is 15.4. The number of benzene rings is 8. The van der Waals surface area contributed by atoms with Crippen molar-refractivity contribution in [3.63, 3.8) is 0 Å². The van der Waals surface area contributed by atoms with E-state index in [9.17, 15) is 0 Å². The van der Waals surface area contributed by atoms with Crippen molar-refractivity contribution < 1.29 is 0 Å². The molecule has 0 amide bonds. The van der Waals surface area contributed by atoms with Crippen LogP contribution in [0.2, 0.25) is 0 Å². The van der Waals surface area contributed by atoms with Crippen LogP contribution in [0.4, 0.5) is 0 Å². The normalized spacial score (nSPS) is 13.0. The van der Waals surface area contributed by atoms with Crippen LogP contribution in [-0.4, -0.2) is 9.97 Å². The Balaban J connectivity index is 1.08. The van der Waals surface area contributed by atoms with E-state index in [1.807, 2.05) is 17.4 Å². The fourth-order valence-electron chi connectivity index (χ4n) is 8.85.